The number of aromatic hydroxyl groups is 1. The van der Waals surface area contributed by atoms with Gasteiger partial charge in [0.1, 0.15) is 5.01 Å². The molecule has 110 valence electrons. The predicted molar refractivity (Wildman–Crippen MR) is 88.0 cm³/mol. The SMILES string of the molecule is Cc1ccc2sc(/C=C/c3ccc(O)c([N+](=O)[O-])c3)nc2c1. The van der Waals surface area contributed by atoms with Gasteiger partial charge in [-0.25, -0.2) is 4.98 Å². The molecule has 0 aliphatic rings. The van der Waals surface area contributed by atoms with Crippen LogP contribution in [0, 0.1) is 17.0 Å². The summed E-state index contributed by atoms with van der Waals surface area (Å²) in [5, 5.41) is 21.1. The quantitative estimate of drug-likeness (QED) is 0.575. The van der Waals surface area contributed by atoms with E-state index in [0.717, 1.165) is 20.8 Å². The van der Waals surface area contributed by atoms with E-state index in [4.69, 9.17) is 0 Å². The fraction of sp³-hybridized carbons (Fsp3) is 0.0625. The van der Waals surface area contributed by atoms with E-state index in [-0.39, 0.29) is 11.4 Å². The molecule has 3 aromatic rings. The molecule has 0 atom stereocenters. The minimum atomic E-state index is -0.604. The maximum absolute atomic E-state index is 10.8. The monoisotopic (exact) mass is 312 g/mol. The Labute approximate surface area is 130 Å². The molecule has 0 aliphatic carbocycles. The van der Waals surface area contributed by atoms with Gasteiger partial charge in [0.2, 0.25) is 0 Å². The third kappa shape index (κ3) is 2.82. The number of benzene rings is 2. The first-order valence-electron chi connectivity index (χ1n) is 6.55. The van der Waals surface area contributed by atoms with Crippen LogP contribution in [0.2, 0.25) is 0 Å². The second-order valence-corrected chi connectivity index (χ2v) is 5.92. The van der Waals surface area contributed by atoms with Crippen LogP contribution in [0.25, 0.3) is 22.4 Å². The van der Waals surface area contributed by atoms with Gasteiger partial charge in [0.15, 0.2) is 5.75 Å². The number of thiazole rings is 1. The molecular weight excluding hydrogens is 300 g/mol. The molecule has 0 fully saturated rings. The summed E-state index contributed by atoms with van der Waals surface area (Å²) in [6, 6.07) is 10.4. The average molecular weight is 312 g/mol. The number of nitro groups is 1. The van der Waals surface area contributed by atoms with Crippen molar-refractivity contribution in [3.05, 3.63) is 62.6 Å². The van der Waals surface area contributed by atoms with Crippen LogP contribution in [0.1, 0.15) is 16.1 Å². The summed E-state index contributed by atoms with van der Waals surface area (Å²) in [5.41, 5.74) is 2.44. The zero-order valence-corrected chi connectivity index (χ0v) is 12.5. The summed E-state index contributed by atoms with van der Waals surface area (Å²) in [5.74, 6) is -0.336. The lowest BCUT2D eigenvalue weighted by molar-refractivity contribution is -0.385. The van der Waals surface area contributed by atoms with E-state index in [1.807, 2.05) is 31.2 Å². The summed E-state index contributed by atoms with van der Waals surface area (Å²) in [6.45, 7) is 2.02. The zero-order chi connectivity index (χ0) is 15.7. The molecule has 1 N–H and O–H groups in total. The second kappa shape index (κ2) is 5.57. The summed E-state index contributed by atoms with van der Waals surface area (Å²) >= 11 is 1.56. The molecule has 22 heavy (non-hydrogen) atoms. The van der Waals surface area contributed by atoms with E-state index in [1.165, 1.54) is 12.1 Å². The van der Waals surface area contributed by atoms with Gasteiger partial charge in [-0.2, -0.15) is 0 Å². The molecule has 0 unspecified atom stereocenters. The number of rotatable bonds is 3. The molecule has 3 rings (SSSR count). The Morgan fingerprint density at radius 1 is 1.23 bits per heavy atom. The smallest absolute Gasteiger partial charge is 0.311 e. The second-order valence-electron chi connectivity index (χ2n) is 4.86. The van der Waals surface area contributed by atoms with Crippen LogP contribution < -0.4 is 0 Å². The number of aromatic nitrogens is 1. The van der Waals surface area contributed by atoms with Gasteiger partial charge in [-0.3, -0.25) is 10.1 Å². The molecule has 0 bridgehead atoms. The van der Waals surface area contributed by atoms with E-state index >= 15 is 0 Å². The Morgan fingerprint density at radius 2 is 2.05 bits per heavy atom. The maximum atomic E-state index is 10.8. The highest BCUT2D eigenvalue weighted by molar-refractivity contribution is 7.19. The van der Waals surface area contributed by atoms with Crippen molar-refractivity contribution < 1.29 is 10.0 Å². The number of nitro benzene ring substituents is 1. The molecule has 6 heteroatoms. The van der Waals surface area contributed by atoms with Gasteiger partial charge in [-0.1, -0.05) is 18.2 Å². The Hall–Kier alpha value is -2.73. The van der Waals surface area contributed by atoms with Gasteiger partial charge in [0.25, 0.3) is 0 Å². The molecule has 0 saturated heterocycles. The van der Waals surface area contributed by atoms with Crippen molar-refractivity contribution in [2.24, 2.45) is 0 Å². The van der Waals surface area contributed by atoms with Crippen LogP contribution in [0.15, 0.2) is 36.4 Å². The van der Waals surface area contributed by atoms with Crippen molar-refractivity contribution in [3.8, 4) is 5.75 Å². The fourth-order valence-corrected chi connectivity index (χ4v) is 2.94. The van der Waals surface area contributed by atoms with Crippen LogP contribution in [0.3, 0.4) is 0 Å². The summed E-state index contributed by atoms with van der Waals surface area (Å²) in [4.78, 5) is 14.7. The topological polar surface area (TPSA) is 76.3 Å². The van der Waals surface area contributed by atoms with Gasteiger partial charge < -0.3 is 5.11 Å². The van der Waals surface area contributed by atoms with Crippen molar-refractivity contribution in [1.82, 2.24) is 4.98 Å². The minimum Gasteiger partial charge on any atom is -0.502 e. The highest BCUT2D eigenvalue weighted by atomic mass is 32.1. The highest BCUT2D eigenvalue weighted by Gasteiger charge is 2.12. The van der Waals surface area contributed by atoms with E-state index in [1.54, 1.807) is 23.5 Å². The molecule has 0 aliphatic heterocycles. The van der Waals surface area contributed by atoms with Crippen molar-refractivity contribution in [2.45, 2.75) is 6.92 Å². The lowest BCUT2D eigenvalue weighted by Crippen LogP contribution is -1.88. The molecule has 0 radical (unpaired) electrons. The largest absolute Gasteiger partial charge is 0.502 e. The lowest BCUT2D eigenvalue weighted by Gasteiger charge is -1.97. The van der Waals surface area contributed by atoms with Gasteiger partial charge in [-0.05, 0) is 42.3 Å². The number of phenolic OH excluding ortho intramolecular Hbond substituents is 1. The molecule has 5 nitrogen and oxygen atoms in total. The minimum absolute atomic E-state index is 0.304. The Bertz CT molecular complexity index is 900. The Balaban J connectivity index is 1.92. The predicted octanol–water partition coefficient (Wildman–Crippen LogP) is 4.39. The maximum Gasteiger partial charge on any atom is 0.311 e. The number of hydrogen-bond acceptors (Lipinski definition) is 5. The Morgan fingerprint density at radius 3 is 2.82 bits per heavy atom. The molecule has 2 aromatic carbocycles. The van der Waals surface area contributed by atoms with E-state index in [2.05, 4.69) is 4.98 Å². The zero-order valence-electron chi connectivity index (χ0n) is 11.7. The molecule has 0 amide bonds. The number of aryl methyl sites for hydroxylation is 1. The first-order chi connectivity index (χ1) is 10.5. The van der Waals surface area contributed by atoms with E-state index in [9.17, 15) is 15.2 Å². The van der Waals surface area contributed by atoms with Crippen LogP contribution in [0.5, 0.6) is 5.75 Å². The van der Waals surface area contributed by atoms with Gasteiger partial charge in [0, 0.05) is 6.07 Å². The summed E-state index contributed by atoms with van der Waals surface area (Å²) < 4.78 is 1.10. The summed E-state index contributed by atoms with van der Waals surface area (Å²) in [6.07, 6.45) is 3.56. The lowest BCUT2D eigenvalue weighted by atomic mass is 10.2. The van der Waals surface area contributed by atoms with Crippen molar-refractivity contribution in [2.75, 3.05) is 0 Å². The van der Waals surface area contributed by atoms with Crippen LogP contribution in [-0.4, -0.2) is 15.0 Å². The third-order valence-corrected chi connectivity index (χ3v) is 4.18. The van der Waals surface area contributed by atoms with E-state index in [0.29, 0.717) is 5.56 Å². The molecular formula is C16H12N2O3S. The normalized spacial score (nSPS) is 11.3. The van der Waals surface area contributed by atoms with Gasteiger partial charge in [-0.15, -0.1) is 11.3 Å². The van der Waals surface area contributed by atoms with Crippen molar-refractivity contribution >= 4 is 39.4 Å². The Kier molecular flexibility index (Phi) is 3.60. The van der Waals surface area contributed by atoms with Crippen molar-refractivity contribution in [1.29, 1.82) is 0 Å². The average Bonchev–Trinajstić information content (AvgIpc) is 2.88. The number of phenols is 1. The third-order valence-electron chi connectivity index (χ3n) is 3.17. The number of hydrogen-bond donors (Lipinski definition) is 1. The highest BCUT2D eigenvalue weighted by Crippen LogP contribution is 2.28. The first kappa shape index (κ1) is 14.2. The first-order valence-corrected chi connectivity index (χ1v) is 7.37. The summed E-state index contributed by atoms with van der Waals surface area (Å²) in [7, 11) is 0. The van der Waals surface area contributed by atoms with E-state index < -0.39 is 4.92 Å². The van der Waals surface area contributed by atoms with Crippen LogP contribution in [0.4, 0.5) is 5.69 Å². The standard InChI is InChI=1S/C16H12N2O3S/c1-10-2-6-15-12(8-10)17-16(22-15)7-4-11-3-5-14(19)13(9-11)18(20)21/h2-9,19H,1H3/b7-4+. The molecule has 1 aromatic heterocycles. The van der Waals surface area contributed by atoms with Crippen LogP contribution >= 0.6 is 11.3 Å². The number of fused-ring (bicyclic) bond motifs is 1. The van der Waals surface area contributed by atoms with Crippen molar-refractivity contribution in [3.63, 3.8) is 0 Å². The van der Waals surface area contributed by atoms with Crippen LogP contribution in [-0.2, 0) is 0 Å². The van der Waals surface area contributed by atoms with Gasteiger partial charge >= 0.3 is 5.69 Å². The molecule has 1 heterocycles. The number of nitrogens with zero attached hydrogens (tertiary/aromatic N) is 2. The molecule has 0 saturated carbocycles. The molecule has 0 spiro atoms. The van der Waals surface area contributed by atoms with Gasteiger partial charge in [0.05, 0.1) is 15.1 Å². The fourth-order valence-electron chi connectivity index (χ4n) is 2.08.